The fourth-order valence-corrected chi connectivity index (χ4v) is 1.83. The van der Waals surface area contributed by atoms with Crippen molar-refractivity contribution < 1.29 is 14.6 Å². The van der Waals surface area contributed by atoms with Gasteiger partial charge in [0.15, 0.2) is 0 Å². The number of aliphatic hydroxyl groups excluding tert-OH is 1. The molecular formula is C16H25NO3. The average Bonchev–Trinajstić information content (AvgIpc) is 3.26. The summed E-state index contributed by atoms with van der Waals surface area (Å²) in [5, 5.41) is 13.0. The third-order valence-electron chi connectivity index (χ3n) is 3.32. The summed E-state index contributed by atoms with van der Waals surface area (Å²) in [5.41, 5.74) is 1.20. The molecule has 1 aliphatic rings. The third kappa shape index (κ3) is 6.37. The molecule has 4 nitrogen and oxygen atoms in total. The summed E-state index contributed by atoms with van der Waals surface area (Å²) < 4.78 is 11.0. The fraction of sp³-hybridized carbons (Fsp3) is 0.625. The summed E-state index contributed by atoms with van der Waals surface area (Å²) in [6.45, 7) is 5.24. The molecule has 0 radical (unpaired) electrons. The van der Waals surface area contributed by atoms with E-state index in [0.717, 1.165) is 24.8 Å². The quantitative estimate of drug-likeness (QED) is 0.641. The van der Waals surface area contributed by atoms with E-state index in [1.807, 2.05) is 31.2 Å². The summed E-state index contributed by atoms with van der Waals surface area (Å²) in [4.78, 5) is 0. The minimum Gasteiger partial charge on any atom is -0.491 e. The van der Waals surface area contributed by atoms with Crippen LogP contribution in [0, 0.1) is 12.8 Å². The van der Waals surface area contributed by atoms with Gasteiger partial charge in [0.1, 0.15) is 18.5 Å². The molecule has 1 aromatic rings. The first-order chi connectivity index (χ1) is 9.74. The van der Waals surface area contributed by atoms with Gasteiger partial charge in [-0.3, -0.25) is 0 Å². The van der Waals surface area contributed by atoms with Gasteiger partial charge in [-0.25, -0.2) is 0 Å². The smallest absolute Gasteiger partial charge is 0.119 e. The van der Waals surface area contributed by atoms with Crippen molar-refractivity contribution in [1.82, 2.24) is 5.32 Å². The standard InChI is InChI=1S/C16H25NO3/c1-13-2-6-16(7-3-13)20-12-15(18)10-17-8-9-19-11-14-4-5-14/h2-3,6-7,14-15,17-18H,4-5,8-12H2,1H3. The minimum absolute atomic E-state index is 0.305. The van der Waals surface area contributed by atoms with Crippen LogP contribution in [0.3, 0.4) is 0 Å². The second-order valence-corrected chi connectivity index (χ2v) is 5.50. The maximum Gasteiger partial charge on any atom is 0.119 e. The van der Waals surface area contributed by atoms with Gasteiger partial charge in [-0.2, -0.15) is 0 Å². The lowest BCUT2D eigenvalue weighted by Gasteiger charge is -2.13. The lowest BCUT2D eigenvalue weighted by molar-refractivity contribution is 0.0967. The topological polar surface area (TPSA) is 50.7 Å². The third-order valence-corrected chi connectivity index (χ3v) is 3.32. The fourth-order valence-electron chi connectivity index (χ4n) is 1.83. The number of hydrogen-bond donors (Lipinski definition) is 2. The van der Waals surface area contributed by atoms with Crippen molar-refractivity contribution in [3.8, 4) is 5.75 Å². The number of benzene rings is 1. The van der Waals surface area contributed by atoms with Crippen LogP contribution in [0.1, 0.15) is 18.4 Å². The molecular weight excluding hydrogens is 254 g/mol. The van der Waals surface area contributed by atoms with Crippen LogP contribution in [0.25, 0.3) is 0 Å². The van der Waals surface area contributed by atoms with E-state index < -0.39 is 6.10 Å². The van der Waals surface area contributed by atoms with Crippen LogP contribution in [-0.4, -0.2) is 44.1 Å². The van der Waals surface area contributed by atoms with E-state index in [2.05, 4.69) is 5.32 Å². The van der Waals surface area contributed by atoms with Gasteiger partial charge in [0.25, 0.3) is 0 Å². The molecule has 1 fully saturated rings. The molecule has 0 bridgehead atoms. The van der Waals surface area contributed by atoms with Crippen LogP contribution in [0.15, 0.2) is 24.3 Å². The molecule has 20 heavy (non-hydrogen) atoms. The molecule has 112 valence electrons. The average molecular weight is 279 g/mol. The first kappa shape index (κ1) is 15.3. The van der Waals surface area contributed by atoms with Crippen molar-refractivity contribution in [2.75, 3.05) is 32.9 Å². The first-order valence-electron chi connectivity index (χ1n) is 7.40. The van der Waals surface area contributed by atoms with Crippen LogP contribution in [-0.2, 0) is 4.74 Å². The number of aryl methyl sites for hydroxylation is 1. The highest BCUT2D eigenvalue weighted by Crippen LogP contribution is 2.28. The second kappa shape index (κ2) is 8.25. The van der Waals surface area contributed by atoms with E-state index in [-0.39, 0.29) is 0 Å². The number of nitrogens with one attached hydrogen (secondary N) is 1. The molecule has 0 amide bonds. The maximum absolute atomic E-state index is 9.79. The van der Waals surface area contributed by atoms with Gasteiger partial charge >= 0.3 is 0 Å². The van der Waals surface area contributed by atoms with Crippen molar-refractivity contribution in [3.63, 3.8) is 0 Å². The zero-order valence-electron chi connectivity index (χ0n) is 12.2. The Morgan fingerprint density at radius 1 is 1.30 bits per heavy atom. The Labute approximate surface area is 121 Å². The lowest BCUT2D eigenvalue weighted by atomic mass is 10.2. The highest BCUT2D eigenvalue weighted by atomic mass is 16.5. The molecule has 2 rings (SSSR count). The maximum atomic E-state index is 9.79. The molecule has 0 heterocycles. The van der Waals surface area contributed by atoms with Crippen molar-refractivity contribution in [3.05, 3.63) is 29.8 Å². The predicted molar refractivity (Wildman–Crippen MR) is 79.1 cm³/mol. The van der Waals surface area contributed by atoms with E-state index in [0.29, 0.717) is 19.8 Å². The van der Waals surface area contributed by atoms with Gasteiger partial charge in [-0.1, -0.05) is 17.7 Å². The summed E-state index contributed by atoms with van der Waals surface area (Å²) in [6.07, 6.45) is 2.14. The summed E-state index contributed by atoms with van der Waals surface area (Å²) in [6, 6.07) is 7.83. The van der Waals surface area contributed by atoms with E-state index in [1.54, 1.807) is 0 Å². The van der Waals surface area contributed by atoms with Crippen LogP contribution in [0.2, 0.25) is 0 Å². The molecule has 0 spiro atoms. The molecule has 0 saturated heterocycles. The highest BCUT2D eigenvalue weighted by molar-refractivity contribution is 5.26. The Bertz CT molecular complexity index is 376. The molecule has 1 aromatic carbocycles. The van der Waals surface area contributed by atoms with Gasteiger partial charge < -0.3 is 19.9 Å². The SMILES string of the molecule is Cc1ccc(OCC(O)CNCCOCC2CC2)cc1. The number of hydrogen-bond acceptors (Lipinski definition) is 4. The Morgan fingerprint density at radius 3 is 2.75 bits per heavy atom. The van der Waals surface area contributed by atoms with E-state index >= 15 is 0 Å². The summed E-state index contributed by atoms with van der Waals surface area (Å²) in [5.74, 6) is 1.60. The molecule has 1 unspecified atom stereocenters. The molecule has 2 N–H and O–H groups in total. The van der Waals surface area contributed by atoms with Crippen LogP contribution in [0.4, 0.5) is 0 Å². The van der Waals surface area contributed by atoms with Gasteiger partial charge in [0.05, 0.1) is 6.61 Å². The summed E-state index contributed by atoms with van der Waals surface area (Å²) in [7, 11) is 0. The predicted octanol–water partition coefficient (Wildman–Crippen LogP) is 1.75. The van der Waals surface area contributed by atoms with Crippen molar-refractivity contribution in [2.24, 2.45) is 5.92 Å². The summed E-state index contributed by atoms with van der Waals surface area (Å²) >= 11 is 0. The second-order valence-electron chi connectivity index (χ2n) is 5.50. The molecule has 1 aliphatic carbocycles. The van der Waals surface area contributed by atoms with Gasteiger partial charge in [0.2, 0.25) is 0 Å². The number of rotatable bonds is 10. The van der Waals surface area contributed by atoms with Gasteiger partial charge in [0, 0.05) is 19.7 Å². The minimum atomic E-state index is -0.500. The zero-order valence-corrected chi connectivity index (χ0v) is 12.2. The highest BCUT2D eigenvalue weighted by Gasteiger charge is 2.20. The van der Waals surface area contributed by atoms with Gasteiger partial charge in [-0.15, -0.1) is 0 Å². The largest absolute Gasteiger partial charge is 0.491 e. The normalized spacial score (nSPS) is 16.1. The van der Waals surface area contributed by atoms with E-state index in [1.165, 1.54) is 18.4 Å². The van der Waals surface area contributed by atoms with Crippen LogP contribution >= 0.6 is 0 Å². The molecule has 1 atom stereocenters. The Morgan fingerprint density at radius 2 is 2.05 bits per heavy atom. The number of ether oxygens (including phenoxy) is 2. The van der Waals surface area contributed by atoms with Crippen molar-refractivity contribution in [1.29, 1.82) is 0 Å². The van der Waals surface area contributed by atoms with E-state index in [9.17, 15) is 5.11 Å². The first-order valence-corrected chi connectivity index (χ1v) is 7.40. The van der Waals surface area contributed by atoms with Gasteiger partial charge in [-0.05, 0) is 37.8 Å². The van der Waals surface area contributed by atoms with Crippen molar-refractivity contribution in [2.45, 2.75) is 25.9 Å². The molecule has 1 saturated carbocycles. The zero-order chi connectivity index (χ0) is 14.2. The Kier molecular flexibility index (Phi) is 6.30. The molecule has 4 heteroatoms. The Balaban J connectivity index is 1.46. The monoisotopic (exact) mass is 279 g/mol. The lowest BCUT2D eigenvalue weighted by Crippen LogP contribution is -2.33. The van der Waals surface area contributed by atoms with E-state index in [4.69, 9.17) is 9.47 Å². The van der Waals surface area contributed by atoms with Crippen LogP contribution < -0.4 is 10.1 Å². The number of aliphatic hydroxyl groups is 1. The van der Waals surface area contributed by atoms with Crippen LogP contribution in [0.5, 0.6) is 5.75 Å². The molecule has 0 aliphatic heterocycles. The molecule has 0 aromatic heterocycles. The Hall–Kier alpha value is -1.10. The van der Waals surface area contributed by atoms with Crippen molar-refractivity contribution >= 4 is 0 Å².